The molecule has 0 saturated carbocycles. The summed E-state index contributed by atoms with van der Waals surface area (Å²) in [4.78, 5) is 10.3. The summed E-state index contributed by atoms with van der Waals surface area (Å²) in [7, 11) is 0. The standard InChI is InChI=1S/C6H9N5S/c1-2-6(7,8)12-5-10-3-9-4-11-5/h2-4H,1,7-8H2. The molecule has 12 heavy (non-hydrogen) atoms. The molecule has 1 aromatic rings. The summed E-state index contributed by atoms with van der Waals surface area (Å²) in [6, 6.07) is 0. The predicted octanol–water partition coefficient (Wildman–Crippen LogP) is -0.279. The number of aromatic nitrogens is 3. The molecule has 0 aromatic carbocycles. The molecule has 0 spiro atoms. The second kappa shape index (κ2) is 3.61. The number of hydrogen-bond acceptors (Lipinski definition) is 6. The van der Waals surface area contributed by atoms with Crippen molar-refractivity contribution in [2.45, 2.75) is 10.2 Å². The van der Waals surface area contributed by atoms with Crippen molar-refractivity contribution in [3.05, 3.63) is 25.3 Å². The van der Waals surface area contributed by atoms with E-state index in [4.69, 9.17) is 11.5 Å². The summed E-state index contributed by atoms with van der Waals surface area (Å²) in [6.07, 6.45) is 4.20. The Bertz CT molecular complexity index is 260. The lowest BCUT2D eigenvalue weighted by atomic mass is 10.5. The lowest BCUT2D eigenvalue weighted by molar-refractivity contribution is 0.786. The van der Waals surface area contributed by atoms with Crippen molar-refractivity contribution < 1.29 is 0 Å². The Balaban J connectivity index is 2.70. The van der Waals surface area contributed by atoms with E-state index in [2.05, 4.69) is 21.5 Å². The van der Waals surface area contributed by atoms with Gasteiger partial charge in [-0.15, -0.1) is 0 Å². The first-order chi connectivity index (χ1) is 5.64. The molecule has 0 radical (unpaired) electrons. The van der Waals surface area contributed by atoms with Gasteiger partial charge in [-0.25, -0.2) is 15.0 Å². The molecule has 0 unspecified atom stereocenters. The third-order valence-corrected chi connectivity index (χ3v) is 1.97. The van der Waals surface area contributed by atoms with Crippen LogP contribution in [0.15, 0.2) is 30.5 Å². The van der Waals surface area contributed by atoms with Gasteiger partial charge in [0.15, 0.2) is 5.16 Å². The molecule has 0 aliphatic rings. The van der Waals surface area contributed by atoms with Crippen LogP contribution in [0.25, 0.3) is 0 Å². The summed E-state index contributed by atoms with van der Waals surface area (Å²) >= 11 is 1.12. The third kappa shape index (κ3) is 2.57. The molecule has 1 heterocycles. The Morgan fingerprint density at radius 3 is 2.50 bits per heavy atom. The van der Waals surface area contributed by atoms with Gasteiger partial charge >= 0.3 is 0 Å². The minimum atomic E-state index is -1.03. The Hall–Kier alpha value is -0.980. The van der Waals surface area contributed by atoms with Gasteiger partial charge < -0.3 is 11.5 Å². The highest BCUT2D eigenvalue weighted by Gasteiger charge is 2.16. The SMILES string of the molecule is C=CC(N)(N)Sc1ncncn1. The van der Waals surface area contributed by atoms with Crippen LogP contribution in [0.2, 0.25) is 0 Å². The van der Waals surface area contributed by atoms with Gasteiger partial charge in [-0.05, 0) is 17.8 Å². The van der Waals surface area contributed by atoms with Crippen LogP contribution in [-0.4, -0.2) is 19.9 Å². The van der Waals surface area contributed by atoms with Gasteiger partial charge in [0, 0.05) is 0 Å². The van der Waals surface area contributed by atoms with E-state index in [1.165, 1.54) is 18.7 Å². The fourth-order valence-electron chi connectivity index (χ4n) is 0.481. The van der Waals surface area contributed by atoms with Crippen molar-refractivity contribution in [1.29, 1.82) is 0 Å². The van der Waals surface area contributed by atoms with E-state index < -0.39 is 4.99 Å². The molecule has 64 valence electrons. The molecule has 0 aliphatic carbocycles. The quantitative estimate of drug-likeness (QED) is 0.380. The first-order valence-corrected chi connectivity index (χ1v) is 3.98. The van der Waals surface area contributed by atoms with E-state index in [-0.39, 0.29) is 0 Å². The molecule has 0 bridgehead atoms. The van der Waals surface area contributed by atoms with E-state index in [0.29, 0.717) is 5.16 Å². The number of nitrogens with two attached hydrogens (primary N) is 2. The number of thioether (sulfide) groups is 1. The van der Waals surface area contributed by atoms with E-state index in [0.717, 1.165) is 11.8 Å². The molecule has 4 N–H and O–H groups in total. The molecular formula is C6H9N5S. The predicted molar refractivity (Wildman–Crippen MR) is 47.0 cm³/mol. The van der Waals surface area contributed by atoms with Crippen LogP contribution in [0.5, 0.6) is 0 Å². The Kier molecular flexibility index (Phi) is 2.74. The van der Waals surface area contributed by atoms with Crippen LogP contribution in [0.3, 0.4) is 0 Å². The van der Waals surface area contributed by atoms with Crippen LogP contribution in [0.4, 0.5) is 0 Å². The van der Waals surface area contributed by atoms with Crippen LogP contribution in [-0.2, 0) is 0 Å². The van der Waals surface area contributed by atoms with E-state index in [9.17, 15) is 0 Å². The normalized spacial score (nSPS) is 11.2. The highest BCUT2D eigenvalue weighted by Crippen LogP contribution is 2.20. The second-order valence-electron chi connectivity index (χ2n) is 2.08. The minimum absolute atomic E-state index is 0.481. The van der Waals surface area contributed by atoms with Gasteiger partial charge in [0.25, 0.3) is 0 Å². The molecule has 0 amide bonds. The van der Waals surface area contributed by atoms with Crippen molar-refractivity contribution in [3.63, 3.8) is 0 Å². The van der Waals surface area contributed by atoms with Gasteiger partial charge in [-0.1, -0.05) is 6.58 Å². The maximum absolute atomic E-state index is 5.57. The van der Waals surface area contributed by atoms with Crippen LogP contribution < -0.4 is 11.5 Å². The van der Waals surface area contributed by atoms with Gasteiger partial charge in [-0.3, -0.25) is 0 Å². The fourth-order valence-corrected chi connectivity index (χ4v) is 1.08. The van der Waals surface area contributed by atoms with Crippen molar-refractivity contribution in [2.75, 3.05) is 0 Å². The largest absolute Gasteiger partial charge is 0.301 e. The molecule has 5 nitrogen and oxygen atoms in total. The van der Waals surface area contributed by atoms with E-state index >= 15 is 0 Å². The summed E-state index contributed by atoms with van der Waals surface area (Å²) in [5.74, 6) is 0. The zero-order valence-corrected chi connectivity index (χ0v) is 7.16. The molecular weight excluding hydrogens is 174 g/mol. The lowest BCUT2D eigenvalue weighted by Crippen LogP contribution is -2.43. The first-order valence-electron chi connectivity index (χ1n) is 3.16. The Morgan fingerprint density at radius 2 is 2.00 bits per heavy atom. The number of nitrogens with zero attached hydrogens (tertiary/aromatic N) is 3. The summed E-state index contributed by atoms with van der Waals surface area (Å²) in [5, 5.41) is 0.481. The van der Waals surface area contributed by atoms with Crippen molar-refractivity contribution in [2.24, 2.45) is 11.5 Å². The monoisotopic (exact) mass is 183 g/mol. The van der Waals surface area contributed by atoms with E-state index in [1.54, 1.807) is 0 Å². The minimum Gasteiger partial charge on any atom is -0.301 e. The zero-order valence-electron chi connectivity index (χ0n) is 6.34. The summed E-state index contributed by atoms with van der Waals surface area (Å²) < 4.78 is 0. The van der Waals surface area contributed by atoms with Crippen molar-refractivity contribution >= 4 is 11.8 Å². The summed E-state index contributed by atoms with van der Waals surface area (Å²) in [5.41, 5.74) is 11.1. The highest BCUT2D eigenvalue weighted by atomic mass is 32.2. The average molecular weight is 183 g/mol. The number of hydrogen-bond donors (Lipinski definition) is 2. The smallest absolute Gasteiger partial charge is 0.193 e. The maximum atomic E-state index is 5.57. The molecule has 0 fully saturated rings. The van der Waals surface area contributed by atoms with Crippen LogP contribution >= 0.6 is 11.8 Å². The topological polar surface area (TPSA) is 90.7 Å². The summed E-state index contributed by atoms with van der Waals surface area (Å²) in [6.45, 7) is 3.49. The van der Waals surface area contributed by atoms with Crippen LogP contribution in [0, 0.1) is 0 Å². The first kappa shape index (κ1) is 9.11. The van der Waals surface area contributed by atoms with Gasteiger partial charge in [0.05, 0.1) is 0 Å². The fraction of sp³-hybridized carbons (Fsp3) is 0.167. The van der Waals surface area contributed by atoms with Crippen molar-refractivity contribution in [1.82, 2.24) is 15.0 Å². The lowest BCUT2D eigenvalue weighted by Gasteiger charge is -2.16. The number of rotatable bonds is 3. The van der Waals surface area contributed by atoms with E-state index in [1.807, 2.05) is 0 Å². The molecule has 1 aromatic heterocycles. The second-order valence-corrected chi connectivity index (χ2v) is 3.36. The maximum Gasteiger partial charge on any atom is 0.193 e. The Labute approximate surface area is 74.3 Å². The van der Waals surface area contributed by atoms with Crippen LogP contribution in [0.1, 0.15) is 0 Å². The zero-order chi connectivity index (χ0) is 9.03. The third-order valence-electron chi connectivity index (χ3n) is 1.06. The van der Waals surface area contributed by atoms with Crippen molar-refractivity contribution in [3.8, 4) is 0 Å². The molecule has 1 rings (SSSR count). The molecule has 0 saturated heterocycles. The van der Waals surface area contributed by atoms with Gasteiger partial charge in [-0.2, -0.15) is 0 Å². The van der Waals surface area contributed by atoms with Gasteiger partial charge in [0.2, 0.25) is 0 Å². The Morgan fingerprint density at radius 1 is 1.42 bits per heavy atom. The average Bonchev–Trinajstić information content (AvgIpc) is 2.06. The molecule has 0 aliphatic heterocycles. The van der Waals surface area contributed by atoms with Gasteiger partial charge in [0.1, 0.15) is 17.6 Å². The molecule has 0 atom stereocenters. The highest BCUT2D eigenvalue weighted by molar-refractivity contribution is 8.00. The molecule has 6 heteroatoms.